The highest BCUT2D eigenvalue weighted by atomic mass is 16.7. The third kappa shape index (κ3) is 1.87. The van der Waals surface area contributed by atoms with Crippen LogP contribution in [0.1, 0.15) is 18.1 Å². The van der Waals surface area contributed by atoms with Crippen molar-refractivity contribution in [2.75, 3.05) is 27.1 Å². The lowest BCUT2D eigenvalue weighted by Crippen LogP contribution is -2.27. The molecular weight excluding hydrogens is 262 g/mol. The Morgan fingerprint density at radius 3 is 2.95 bits per heavy atom. The minimum Gasteiger partial charge on any atom is -0.493 e. The van der Waals surface area contributed by atoms with Gasteiger partial charge in [-0.15, -0.1) is 0 Å². The molecule has 0 saturated carbocycles. The molecule has 1 aromatic carbocycles. The summed E-state index contributed by atoms with van der Waals surface area (Å²) in [6.07, 6.45) is -0.458. The largest absolute Gasteiger partial charge is 0.493 e. The molecule has 0 aliphatic carbocycles. The molecule has 2 aliphatic heterocycles. The van der Waals surface area contributed by atoms with E-state index in [-0.39, 0.29) is 13.4 Å². The molecule has 2 atom stereocenters. The first-order valence-electron chi connectivity index (χ1n) is 6.35. The summed E-state index contributed by atoms with van der Waals surface area (Å²) in [5, 5.41) is 20.0. The summed E-state index contributed by atoms with van der Waals surface area (Å²) in [7, 11) is 1.52. The van der Waals surface area contributed by atoms with Gasteiger partial charge in [0.05, 0.1) is 19.8 Å². The minimum atomic E-state index is -0.960. The Hall–Kier alpha value is -1.97. The Bertz CT molecular complexity index is 559. The highest BCUT2D eigenvalue weighted by Gasteiger charge is 2.43. The maximum absolute atomic E-state index is 10.6. The Balaban J connectivity index is 2.00. The Morgan fingerprint density at radius 1 is 1.45 bits per heavy atom. The Labute approximate surface area is 116 Å². The third-order valence-electron chi connectivity index (χ3n) is 3.79. The second-order valence-electron chi connectivity index (χ2n) is 4.93. The van der Waals surface area contributed by atoms with Crippen LogP contribution in [0.4, 0.5) is 0 Å². The first-order chi connectivity index (χ1) is 9.70. The van der Waals surface area contributed by atoms with E-state index >= 15 is 0 Å². The number of hydrogen-bond acceptors (Lipinski definition) is 6. The summed E-state index contributed by atoms with van der Waals surface area (Å²) in [6, 6.07) is 5.56. The standard InChI is InChI=1S/C14H15NO5/c1-17-10-4-9(5-11-12(10)20-8-19-11)13(16)14(6-15)2-3-18-7-14/h4-5,13,16H,2-3,7-8H2,1H3. The fourth-order valence-electron chi connectivity index (χ4n) is 2.57. The number of aliphatic hydroxyl groups is 1. The SMILES string of the molecule is COc1cc(C(O)C2(C#N)CCOC2)cc2c1OCO2. The normalized spacial score (nSPS) is 25.2. The van der Waals surface area contributed by atoms with E-state index in [1.165, 1.54) is 7.11 Å². The molecule has 1 fully saturated rings. The molecule has 0 amide bonds. The molecule has 2 heterocycles. The quantitative estimate of drug-likeness (QED) is 0.899. The molecule has 2 aliphatic rings. The molecule has 1 N–H and O–H groups in total. The van der Waals surface area contributed by atoms with Gasteiger partial charge in [0.15, 0.2) is 11.5 Å². The van der Waals surface area contributed by atoms with E-state index < -0.39 is 11.5 Å². The molecule has 3 rings (SSSR count). The lowest BCUT2D eigenvalue weighted by Gasteiger charge is -2.26. The van der Waals surface area contributed by atoms with Gasteiger partial charge in [0.25, 0.3) is 0 Å². The fraction of sp³-hybridized carbons (Fsp3) is 0.500. The maximum atomic E-state index is 10.6. The van der Waals surface area contributed by atoms with Crippen LogP contribution in [0.15, 0.2) is 12.1 Å². The van der Waals surface area contributed by atoms with Gasteiger partial charge in [-0.1, -0.05) is 0 Å². The number of hydrogen-bond donors (Lipinski definition) is 1. The van der Waals surface area contributed by atoms with E-state index in [1.54, 1.807) is 12.1 Å². The van der Waals surface area contributed by atoms with Gasteiger partial charge in [0, 0.05) is 6.61 Å². The van der Waals surface area contributed by atoms with Crippen molar-refractivity contribution < 1.29 is 24.1 Å². The maximum Gasteiger partial charge on any atom is 0.231 e. The van der Waals surface area contributed by atoms with E-state index in [1.807, 2.05) is 0 Å². The minimum absolute atomic E-state index is 0.123. The van der Waals surface area contributed by atoms with Crippen molar-refractivity contribution in [2.24, 2.45) is 5.41 Å². The average molecular weight is 277 g/mol. The lowest BCUT2D eigenvalue weighted by atomic mass is 9.79. The number of ether oxygens (including phenoxy) is 4. The van der Waals surface area contributed by atoms with E-state index in [0.29, 0.717) is 35.8 Å². The molecule has 0 spiro atoms. The fourth-order valence-corrected chi connectivity index (χ4v) is 2.57. The molecule has 6 heteroatoms. The Morgan fingerprint density at radius 2 is 2.30 bits per heavy atom. The zero-order valence-corrected chi connectivity index (χ0v) is 11.1. The Kier molecular flexibility index (Phi) is 3.16. The molecule has 20 heavy (non-hydrogen) atoms. The summed E-state index contributed by atoms with van der Waals surface area (Å²) in [5.41, 5.74) is -0.350. The van der Waals surface area contributed by atoms with Crippen molar-refractivity contribution in [2.45, 2.75) is 12.5 Å². The van der Waals surface area contributed by atoms with Crippen LogP contribution in [0.3, 0.4) is 0 Å². The van der Waals surface area contributed by atoms with Crippen LogP contribution in [0, 0.1) is 16.7 Å². The van der Waals surface area contributed by atoms with Crippen LogP contribution in [0.5, 0.6) is 17.2 Å². The second-order valence-corrected chi connectivity index (χ2v) is 4.93. The topological polar surface area (TPSA) is 80.9 Å². The monoisotopic (exact) mass is 277 g/mol. The molecular formula is C14H15NO5. The van der Waals surface area contributed by atoms with Gasteiger partial charge in [-0.2, -0.15) is 5.26 Å². The van der Waals surface area contributed by atoms with Gasteiger partial charge in [0.2, 0.25) is 12.5 Å². The number of methoxy groups -OCH3 is 1. The van der Waals surface area contributed by atoms with E-state index in [0.717, 1.165) is 0 Å². The molecule has 106 valence electrons. The number of fused-ring (bicyclic) bond motifs is 1. The van der Waals surface area contributed by atoms with Crippen molar-refractivity contribution in [1.82, 2.24) is 0 Å². The zero-order chi connectivity index (χ0) is 14.2. The summed E-state index contributed by atoms with van der Waals surface area (Å²) in [5.74, 6) is 1.53. The van der Waals surface area contributed by atoms with E-state index in [4.69, 9.17) is 18.9 Å². The van der Waals surface area contributed by atoms with Crippen LogP contribution in [0.2, 0.25) is 0 Å². The predicted octanol–water partition coefficient (Wildman–Crippen LogP) is 1.39. The zero-order valence-electron chi connectivity index (χ0n) is 11.1. The van der Waals surface area contributed by atoms with Crippen molar-refractivity contribution >= 4 is 0 Å². The number of nitrogens with zero attached hydrogens (tertiary/aromatic N) is 1. The second kappa shape index (κ2) is 4.85. The number of aliphatic hydroxyl groups excluding tert-OH is 1. The van der Waals surface area contributed by atoms with Crippen LogP contribution in [0.25, 0.3) is 0 Å². The predicted molar refractivity (Wildman–Crippen MR) is 67.6 cm³/mol. The number of rotatable bonds is 3. The van der Waals surface area contributed by atoms with Gasteiger partial charge in [-0.05, 0) is 24.1 Å². The smallest absolute Gasteiger partial charge is 0.231 e. The van der Waals surface area contributed by atoms with Crippen LogP contribution >= 0.6 is 0 Å². The first-order valence-corrected chi connectivity index (χ1v) is 6.35. The lowest BCUT2D eigenvalue weighted by molar-refractivity contribution is 0.0501. The van der Waals surface area contributed by atoms with E-state index in [9.17, 15) is 10.4 Å². The molecule has 2 unspecified atom stereocenters. The van der Waals surface area contributed by atoms with Crippen LogP contribution in [-0.2, 0) is 4.74 Å². The number of nitriles is 1. The van der Waals surface area contributed by atoms with Crippen molar-refractivity contribution in [3.05, 3.63) is 17.7 Å². The van der Waals surface area contributed by atoms with Gasteiger partial charge in [-0.3, -0.25) is 0 Å². The van der Waals surface area contributed by atoms with Crippen molar-refractivity contribution in [3.8, 4) is 23.3 Å². The average Bonchev–Trinajstić information content (AvgIpc) is 3.14. The van der Waals surface area contributed by atoms with E-state index in [2.05, 4.69) is 6.07 Å². The first kappa shape index (κ1) is 13.0. The third-order valence-corrected chi connectivity index (χ3v) is 3.79. The molecule has 0 radical (unpaired) electrons. The van der Waals surface area contributed by atoms with Crippen molar-refractivity contribution in [1.29, 1.82) is 5.26 Å². The number of benzene rings is 1. The van der Waals surface area contributed by atoms with Crippen LogP contribution in [-0.4, -0.2) is 32.2 Å². The summed E-state index contributed by atoms with van der Waals surface area (Å²) in [6.45, 7) is 0.825. The summed E-state index contributed by atoms with van der Waals surface area (Å²) >= 11 is 0. The van der Waals surface area contributed by atoms with Gasteiger partial charge < -0.3 is 24.1 Å². The molecule has 1 aromatic rings. The molecule has 6 nitrogen and oxygen atoms in total. The highest BCUT2D eigenvalue weighted by molar-refractivity contribution is 5.55. The van der Waals surface area contributed by atoms with Gasteiger partial charge >= 0.3 is 0 Å². The molecule has 0 bridgehead atoms. The van der Waals surface area contributed by atoms with Crippen molar-refractivity contribution in [3.63, 3.8) is 0 Å². The summed E-state index contributed by atoms with van der Waals surface area (Å²) in [4.78, 5) is 0. The molecule has 1 saturated heterocycles. The van der Waals surface area contributed by atoms with Crippen LogP contribution < -0.4 is 14.2 Å². The highest BCUT2D eigenvalue weighted by Crippen LogP contribution is 2.47. The van der Waals surface area contributed by atoms with Gasteiger partial charge in [0.1, 0.15) is 11.5 Å². The summed E-state index contributed by atoms with van der Waals surface area (Å²) < 4.78 is 21.2. The molecule has 0 aromatic heterocycles. The van der Waals surface area contributed by atoms with Gasteiger partial charge in [-0.25, -0.2) is 0 Å².